The zero-order chi connectivity index (χ0) is 11.1. The highest BCUT2D eigenvalue weighted by molar-refractivity contribution is 5.44. The molecule has 0 aliphatic heterocycles. The van der Waals surface area contributed by atoms with Gasteiger partial charge in [0.25, 0.3) is 0 Å². The maximum absolute atomic E-state index is 13.8. The van der Waals surface area contributed by atoms with Crippen LogP contribution in [0.2, 0.25) is 0 Å². The van der Waals surface area contributed by atoms with Crippen LogP contribution in [0.15, 0.2) is 12.1 Å². The number of halogens is 1. The number of rotatable bonds is 3. The van der Waals surface area contributed by atoms with Crippen molar-refractivity contribution in [1.82, 2.24) is 0 Å². The van der Waals surface area contributed by atoms with Crippen LogP contribution in [0.25, 0.3) is 0 Å². The molecule has 0 amide bonds. The average molecular weight is 212 g/mol. The van der Waals surface area contributed by atoms with Crippen molar-refractivity contribution >= 4 is 0 Å². The standard InChI is InChI=1S/C11H13FO3/c1-14-7-5-8(11(13)3-4-11)10(12)9(6-7)15-2/h5-6,13H,3-4H2,1-2H3. The highest BCUT2D eigenvalue weighted by Gasteiger charge is 2.45. The van der Waals surface area contributed by atoms with E-state index in [-0.39, 0.29) is 11.3 Å². The molecule has 0 spiro atoms. The Morgan fingerprint density at radius 1 is 1.27 bits per heavy atom. The predicted molar refractivity (Wildman–Crippen MR) is 52.6 cm³/mol. The monoisotopic (exact) mass is 212 g/mol. The van der Waals surface area contributed by atoms with Crippen LogP contribution in [0, 0.1) is 5.82 Å². The van der Waals surface area contributed by atoms with Gasteiger partial charge in [0.05, 0.1) is 19.8 Å². The Kier molecular flexibility index (Phi) is 2.31. The maximum Gasteiger partial charge on any atom is 0.171 e. The molecule has 0 bridgehead atoms. The van der Waals surface area contributed by atoms with Crippen molar-refractivity contribution in [2.75, 3.05) is 14.2 Å². The summed E-state index contributed by atoms with van der Waals surface area (Å²) in [5.41, 5.74) is -0.759. The van der Waals surface area contributed by atoms with E-state index in [0.717, 1.165) is 0 Å². The Bertz CT molecular complexity index is 386. The molecule has 0 radical (unpaired) electrons. The lowest BCUT2D eigenvalue weighted by atomic mass is 10.1. The van der Waals surface area contributed by atoms with E-state index in [4.69, 9.17) is 9.47 Å². The van der Waals surface area contributed by atoms with Crippen molar-refractivity contribution in [3.63, 3.8) is 0 Å². The molecule has 1 aromatic rings. The van der Waals surface area contributed by atoms with Crippen LogP contribution >= 0.6 is 0 Å². The fourth-order valence-electron chi connectivity index (χ4n) is 1.57. The highest BCUT2D eigenvalue weighted by atomic mass is 19.1. The van der Waals surface area contributed by atoms with Gasteiger partial charge in [-0.15, -0.1) is 0 Å². The maximum atomic E-state index is 13.8. The summed E-state index contributed by atoms with van der Waals surface area (Å²) in [5.74, 6) is 0.0894. The first kappa shape index (κ1) is 10.2. The van der Waals surface area contributed by atoms with Gasteiger partial charge in [-0.05, 0) is 18.9 Å². The molecule has 1 aliphatic carbocycles. The minimum absolute atomic E-state index is 0.102. The number of hydrogen-bond donors (Lipinski definition) is 1. The molecule has 1 aromatic carbocycles. The van der Waals surface area contributed by atoms with Crippen LogP contribution in [-0.2, 0) is 5.60 Å². The van der Waals surface area contributed by atoms with Crippen LogP contribution in [0.4, 0.5) is 4.39 Å². The summed E-state index contributed by atoms with van der Waals surface area (Å²) in [7, 11) is 2.88. The molecule has 4 heteroatoms. The molecule has 1 N–H and O–H groups in total. The second-order valence-corrected chi connectivity index (χ2v) is 3.72. The molecule has 15 heavy (non-hydrogen) atoms. The van der Waals surface area contributed by atoms with Crippen molar-refractivity contribution in [1.29, 1.82) is 0 Å². The first-order valence-electron chi connectivity index (χ1n) is 4.75. The van der Waals surface area contributed by atoms with E-state index >= 15 is 0 Å². The van der Waals surface area contributed by atoms with Gasteiger partial charge in [0.15, 0.2) is 11.6 Å². The summed E-state index contributed by atoms with van der Waals surface area (Å²) in [4.78, 5) is 0. The van der Waals surface area contributed by atoms with Crippen molar-refractivity contribution in [3.8, 4) is 11.5 Å². The van der Waals surface area contributed by atoms with Crippen molar-refractivity contribution < 1.29 is 19.0 Å². The van der Waals surface area contributed by atoms with Crippen LogP contribution in [0.1, 0.15) is 18.4 Å². The smallest absolute Gasteiger partial charge is 0.171 e. The molecule has 2 rings (SSSR count). The normalized spacial score (nSPS) is 17.3. The summed E-state index contributed by atoms with van der Waals surface area (Å²) in [6, 6.07) is 2.98. The molecule has 1 saturated carbocycles. The van der Waals surface area contributed by atoms with E-state index in [9.17, 15) is 9.50 Å². The van der Waals surface area contributed by atoms with E-state index in [1.54, 1.807) is 0 Å². The van der Waals surface area contributed by atoms with Gasteiger partial charge >= 0.3 is 0 Å². The van der Waals surface area contributed by atoms with Gasteiger partial charge in [-0.3, -0.25) is 0 Å². The van der Waals surface area contributed by atoms with E-state index in [2.05, 4.69) is 0 Å². The first-order chi connectivity index (χ1) is 7.10. The van der Waals surface area contributed by atoms with Crippen molar-refractivity contribution in [2.24, 2.45) is 0 Å². The summed E-state index contributed by atoms with van der Waals surface area (Å²) in [6.07, 6.45) is 1.17. The number of benzene rings is 1. The average Bonchev–Trinajstić information content (AvgIpc) is 2.98. The lowest BCUT2D eigenvalue weighted by molar-refractivity contribution is 0.145. The van der Waals surface area contributed by atoms with Gasteiger partial charge in [0, 0.05) is 11.6 Å². The number of methoxy groups -OCH3 is 2. The number of aliphatic hydroxyl groups is 1. The molecular formula is C11H13FO3. The lowest BCUT2D eigenvalue weighted by Crippen LogP contribution is -2.09. The molecule has 1 aliphatic rings. The first-order valence-corrected chi connectivity index (χ1v) is 4.75. The summed E-state index contributed by atoms with van der Waals surface area (Å²) < 4.78 is 23.7. The Morgan fingerprint density at radius 2 is 1.93 bits per heavy atom. The second kappa shape index (κ2) is 3.38. The van der Waals surface area contributed by atoms with Crippen LogP contribution in [-0.4, -0.2) is 19.3 Å². The quantitative estimate of drug-likeness (QED) is 0.830. The summed E-state index contributed by atoms with van der Waals surface area (Å²) >= 11 is 0. The fraction of sp³-hybridized carbons (Fsp3) is 0.455. The SMILES string of the molecule is COc1cc(OC)c(F)c(C2(O)CC2)c1. The van der Waals surface area contributed by atoms with E-state index in [1.165, 1.54) is 26.4 Å². The minimum atomic E-state index is -1.02. The minimum Gasteiger partial charge on any atom is -0.497 e. The summed E-state index contributed by atoms with van der Waals surface area (Å²) in [6.45, 7) is 0. The molecule has 3 nitrogen and oxygen atoms in total. The van der Waals surface area contributed by atoms with Gasteiger partial charge in [0.1, 0.15) is 5.75 Å². The van der Waals surface area contributed by atoms with Crippen LogP contribution < -0.4 is 9.47 Å². The Labute approximate surface area is 87.4 Å². The number of hydrogen-bond acceptors (Lipinski definition) is 3. The Morgan fingerprint density at radius 3 is 2.40 bits per heavy atom. The van der Waals surface area contributed by atoms with Gasteiger partial charge in [-0.25, -0.2) is 4.39 Å². The van der Waals surface area contributed by atoms with Gasteiger partial charge < -0.3 is 14.6 Å². The molecule has 0 unspecified atom stereocenters. The third kappa shape index (κ3) is 1.65. The van der Waals surface area contributed by atoms with E-state index < -0.39 is 11.4 Å². The zero-order valence-corrected chi connectivity index (χ0v) is 8.71. The van der Waals surface area contributed by atoms with Crippen molar-refractivity contribution in [2.45, 2.75) is 18.4 Å². The molecule has 0 atom stereocenters. The summed E-state index contributed by atoms with van der Waals surface area (Å²) in [5, 5.41) is 9.87. The lowest BCUT2D eigenvalue weighted by Gasteiger charge is -2.14. The topological polar surface area (TPSA) is 38.7 Å². The molecule has 1 fully saturated rings. The van der Waals surface area contributed by atoms with Crippen LogP contribution in [0.3, 0.4) is 0 Å². The fourth-order valence-corrected chi connectivity index (χ4v) is 1.57. The van der Waals surface area contributed by atoms with Gasteiger partial charge in [0.2, 0.25) is 0 Å². The van der Waals surface area contributed by atoms with Crippen molar-refractivity contribution in [3.05, 3.63) is 23.5 Å². The largest absolute Gasteiger partial charge is 0.497 e. The second-order valence-electron chi connectivity index (χ2n) is 3.72. The Hall–Kier alpha value is -1.29. The zero-order valence-electron chi connectivity index (χ0n) is 8.71. The van der Waals surface area contributed by atoms with E-state index in [0.29, 0.717) is 18.6 Å². The molecule has 0 heterocycles. The van der Waals surface area contributed by atoms with Gasteiger partial charge in [-0.2, -0.15) is 0 Å². The molecule has 82 valence electrons. The van der Waals surface area contributed by atoms with Crippen LogP contribution in [0.5, 0.6) is 11.5 Å². The molecular weight excluding hydrogens is 199 g/mol. The molecule has 0 aromatic heterocycles. The predicted octanol–water partition coefficient (Wildman–Crippen LogP) is 1.82. The Balaban J connectivity index is 2.52. The van der Waals surface area contributed by atoms with Gasteiger partial charge in [-0.1, -0.05) is 0 Å². The third-order valence-electron chi connectivity index (χ3n) is 2.69. The third-order valence-corrected chi connectivity index (χ3v) is 2.69. The molecule has 0 saturated heterocycles. The highest BCUT2D eigenvalue weighted by Crippen LogP contribution is 2.48. The number of ether oxygens (including phenoxy) is 2. The van der Waals surface area contributed by atoms with E-state index in [1.807, 2.05) is 0 Å².